The number of hydrogen-bond donors (Lipinski definition) is 2. The standard InChI is InChI=1S/C13H26N2O4S/c14-11-3-5-12(6-4-11)19-9-7-15-20(16,17)10-13-2-1-8-18-13/h11-13,15H,1-10,14H2. The van der Waals surface area contributed by atoms with E-state index in [1.54, 1.807) is 0 Å². The first kappa shape index (κ1) is 16.2. The van der Waals surface area contributed by atoms with Crippen molar-refractivity contribution in [3.63, 3.8) is 0 Å². The van der Waals surface area contributed by atoms with Crippen LogP contribution in [-0.4, -0.2) is 52.2 Å². The van der Waals surface area contributed by atoms with E-state index in [0.717, 1.165) is 38.5 Å². The van der Waals surface area contributed by atoms with Gasteiger partial charge in [-0.15, -0.1) is 0 Å². The summed E-state index contributed by atoms with van der Waals surface area (Å²) in [4.78, 5) is 0. The van der Waals surface area contributed by atoms with Crippen molar-refractivity contribution in [2.45, 2.75) is 56.8 Å². The first-order valence-electron chi connectivity index (χ1n) is 7.51. The Kier molecular flexibility index (Phi) is 6.22. The van der Waals surface area contributed by atoms with Gasteiger partial charge in [0.1, 0.15) is 0 Å². The van der Waals surface area contributed by atoms with E-state index in [1.807, 2.05) is 0 Å². The van der Waals surface area contributed by atoms with E-state index in [2.05, 4.69) is 4.72 Å². The molecule has 0 bridgehead atoms. The molecule has 20 heavy (non-hydrogen) atoms. The fraction of sp³-hybridized carbons (Fsp3) is 1.00. The molecule has 0 aromatic carbocycles. The highest BCUT2D eigenvalue weighted by Gasteiger charge is 2.23. The third-order valence-electron chi connectivity index (χ3n) is 3.93. The zero-order valence-electron chi connectivity index (χ0n) is 11.9. The Bertz CT molecular complexity index is 374. The fourth-order valence-electron chi connectivity index (χ4n) is 2.76. The third kappa shape index (κ3) is 5.65. The molecule has 1 aliphatic heterocycles. The van der Waals surface area contributed by atoms with E-state index in [0.29, 0.717) is 25.8 Å². The second-order valence-corrected chi connectivity index (χ2v) is 7.57. The van der Waals surface area contributed by atoms with E-state index in [1.165, 1.54) is 0 Å². The molecule has 2 fully saturated rings. The van der Waals surface area contributed by atoms with Gasteiger partial charge in [-0.25, -0.2) is 13.1 Å². The molecule has 0 aromatic rings. The maximum atomic E-state index is 11.8. The molecule has 1 unspecified atom stereocenters. The van der Waals surface area contributed by atoms with E-state index in [9.17, 15) is 8.42 Å². The molecule has 118 valence electrons. The van der Waals surface area contributed by atoms with Crippen molar-refractivity contribution in [1.82, 2.24) is 4.72 Å². The maximum absolute atomic E-state index is 11.8. The second kappa shape index (κ2) is 7.70. The van der Waals surface area contributed by atoms with E-state index in [-0.39, 0.29) is 18.0 Å². The molecular weight excluding hydrogens is 280 g/mol. The van der Waals surface area contributed by atoms with Gasteiger partial charge in [0, 0.05) is 19.2 Å². The Morgan fingerprint density at radius 2 is 1.95 bits per heavy atom. The molecular formula is C13H26N2O4S. The van der Waals surface area contributed by atoms with Crippen molar-refractivity contribution >= 4 is 10.0 Å². The number of rotatable bonds is 7. The molecule has 1 atom stereocenters. The van der Waals surface area contributed by atoms with Crippen LogP contribution in [0, 0.1) is 0 Å². The maximum Gasteiger partial charge on any atom is 0.214 e. The van der Waals surface area contributed by atoms with Crippen LogP contribution in [0.25, 0.3) is 0 Å². The SMILES string of the molecule is NC1CCC(OCCNS(=O)(=O)CC2CCCO2)CC1. The molecule has 1 saturated heterocycles. The minimum Gasteiger partial charge on any atom is -0.377 e. The monoisotopic (exact) mass is 306 g/mol. The van der Waals surface area contributed by atoms with E-state index >= 15 is 0 Å². The van der Waals surface area contributed by atoms with Crippen LogP contribution in [0.4, 0.5) is 0 Å². The lowest BCUT2D eigenvalue weighted by Crippen LogP contribution is -2.35. The summed E-state index contributed by atoms with van der Waals surface area (Å²) in [6, 6.07) is 0.305. The van der Waals surface area contributed by atoms with Crippen LogP contribution in [0.1, 0.15) is 38.5 Å². The summed E-state index contributed by atoms with van der Waals surface area (Å²) < 4.78 is 37.2. The number of nitrogens with two attached hydrogens (primary N) is 1. The first-order valence-corrected chi connectivity index (χ1v) is 9.16. The Labute approximate surface area is 121 Å². The summed E-state index contributed by atoms with van der Waals surface area (Å²) in [5.41, 5.74) is 5.83. The molecule has 7 heteroatoms. The molecule has 3 N–H and O–H groups in total. The zero-order chi connectivity index (χ0) is 14.4. The van der Waals surface area contributed by atoms with Gasteiger partial charge in [0.15, 0.2) is 0 Å². The molecule has 0 aromatic heterocycles. The largest absolute Gasteiger partial charge is 0.377 e. The first-order chi connectivity index (χ1) is 9.55. The van der Waals surface area contributed by atoms with Crippen LogP contribution in [0.15, 0.2) is 0 Å². The highest BCUT2D eigenvalue weighted by molar-refractivity contribution is 7.89. The van der Waals surface area contributed by atoms with Gasteiger partial charge in [0.2, 0.25) is 10.0 Å². The van der Waals surface area contributed by atoms with Crippen molar-refractivity contribution in [1.29, 1.82) is 0 Å². The predicted octanol–water partition coefficient (Wildman–Crippen LogP) is 0.371. The minimum atomic E-state index is -3.25. The molecule has 2 rings (SSSR count). The lowest BCUT2D eigenvalue weighted by atomic mass is 9.94. The molecule has 6 nitrogen and oxygen atoms in total. The van der Waals surface area contributed by atoms with Crippen LogP contribution in [-0.2, 0) is 19.5 Å². The molecule has 2 aliphatic rings. The summed E-state index contributed by atoms with van der Waals surface area (Å²) in [5, 5.41) is 0. The number of hydrogen-bond acceptors (Lipinski definition) is 5. The van der Waals surface area contributed by atoms with Gasteiger partial charge >= 0.3 is 0 Å². The Morgan fingerprint density at radius 3 is 2.60 bits per heavy atom. The molecule has 0 amide bonds. The van der Waals surface area contributed by atoms with Crippen LogP contribution < -0.4 is 10.5 Å². The lowest BCUT2D eigenvalue weighted by Gasteiger charge is -2.26. The highest BCUT2D eigenvalue weighted by Crippen LogP contribution is 2.19. The third-order valence-corrected chi connectivity index (χ3v) is 5.38. The van der Waals surface area contributed by atoms with Gasteiger partial charge < -0.3 is 15.2 Å². The zero-order valence-corrected chi connectivity index (χ0v) is 12.7. The van der Waals surface area contributed by atoms with Crippen molar-refractivity contribution < 1.29 is 17.9 Å². The van der Waals surface area contributed by atoms with Crippen molar-refractivity contribution in [2.75, 3.05) is 25.5 Å². The van der Waals surface area contributed by atoms with Gasteiger partial charge in [-0.1, -0.05) is 0 Å². The van der Waals surface area contributed by atoms with Gasteiger partial charge in [-0.2, -0.15) is 0 Å². The topological polar surface area (TPSA) is 90.6 Å². The van der Waals surface area contributed by atoms with Crippen LogP contribution in [0.3, 0.4) is 0 Å². The summed E-state index contributed by atoms with van der Waals surface area (Å²) in [7, 11) is -3.25. The lowest BCUT2D eigenvalue weighted by molar-refractivity contribution is 0.0287. The molecule has 1 heterocycles. The predicted molar refractivity (Wildman–Crippen MR) is 76.9 cm³/mol. The van der Waals surface area contributed by atoms with Crippen molar-refractivity contribution in [2.24, 2.45) is 5.73 Å². The van der Waals surface area contributed by atoms with Crippen molar-refractivity contribution in [3.05, 3.63) is 0 Å². The van der Waals surface area contributed by atoms with E-state index in [4.69, 9.17) is 15.2 Å². The van der Waals surface area contributed by atoms with Crippen molar-refractivity contribution in [3.8, 4) is 0 Å². The average Bonchev–Trinajstić information content (AvgIpc) is 2.89. The Morgan fingerprint density at radius 1 is 1.20 bits per heavy atom. The van der Waals surface area contributed by atoms with Gasteiger partial charge in [-0.05, 0) is 38.5 Å². The van der Waals surface area contributed by atoms with Crippen LogP contribution >= 0.6 is 0 Å². The highest BCUT2D eigenvalue weighted by atomic mass is 32.2. The van der Waals surface area contributed by atoms with Crippen LogP contribution in [0.5, 0.6) is 0 Å². The summed E-state index contributed by atoms with van der Waals surface area (Å²) in [6.07, 6.45) is 5.82. The molecule has 1 aliphatic carbocycles. The average molecular weight is 306 g/mol. The molecule has 1 saturated carbocycles. The van der Waals surface area contributed by atoms with Gasteiger partial charge in [0.25, 0.3) is 0 Å². The minimum absolute atomic E-state index is 0.0608. The second-order valence-electron chi connectivity index (χ2n) is 5.72. The Hall–Kier alpha value is -0.210. The molecule has 0 spiro atoms. The summed E-state index contributed by atoms with van der Waals surface area (Å²) in [6.45, 7) is 1.43. The summed E-state index contributed by atoms with van der Waals surface area (Å²) in [5.74, 6) is 0.0608. The fourth-order valence-corrected chi connectivity index (χ4v) is 4.02. The normalized spacial score (nSPS) is 31.6. The van der Waals surface area contributed by atoms with Gasteiger partial charge in [-0.3, -0.25) is 0 Å². The number of nitrogens with one attached hydrogen (secondary N) is 1. The summed E-state index contributed by atoms with van der Waals surface area (Å²) >= 11 is 0. The number of ether oxygens (including phenoxy) is 2. The number of sulfonamides is 1. The quantitative estimate of drug-likeness (QED) is 0.663. The van der Waals surface area contributed by atoms with E-state index < -0.39 is 10.0 Å². The Balaban J connectivity index is 1.57. The smallest absolute Gasteiger partial charge is 0.214 e. The van der Waals surface area contributed by atoms with Crippen LogP contribution in [0.2, 0.25) is 0 Å². The molecule has 0 radical (unpaired) electrons. The van der Waals surface area contributed by atoms with Gasteiger partial charge in [0.05, 0.1) is 24.6 Å².